The van der Waals surface area contributed by atoms with E-state index in [4.69, 9.17) is 14.9 Å². The van der Waals surface area contributed by atoms with E-state index in [-0.39, 0.29) is 0 Å². The summed E-state index contributed by atoms with van der Waals surface area (Å²) in [5.41, 5.74) is 5.51. The van der Waals surface area contributed by atoms with Gasteiger partial charge in [-0.1, -0.05) is 11.3 Å². The van der Waals surface area contributed by atoms with Gasteiger partial charge in [-0.15, -0.1) is 15.3 Å². The molecule has 3 aromatic rings. The lowest BCUT2D eigenvalue weighted by Crippen LogP contribution is -1.97. The summed E-state index contributed by atoms with van der Waals surface area (Å²) in [5.74, 6) is 2.09. The van der Waals surface area contributed by atoms with Crippen molar-refractivity contribution < 1.29 is 9.15 Å². The van der Waals surface area contributed by atoms with Gasteiger partial charge in [0.25, 0.3) is 0 Å². The van der Waals surface area contributed by atoms with E-state index in [0.717, 1.165) is 10.8 Å². The van der Waals surface area contributed by atoms with Crippen LogP contribution >= 0.6 is 11.3 Å². The number of hydrogen-bond donors (Lipinski definition) is 1. The lowest BCUT2D eigenvalue weighted by atomic mass is 10.4. The normalized spacial score (nSPS) is 11.4. The number of hydrogen-bond acceptors (Lipinski definition) is 7. The SMILES string of the molecule is COCc1nnc2sc(-c3ccc(CN)o3)nn12. The maximum absolute atomic E-state index is 5.55. The molecule has 3 rings (SSSR count). The third-order valence-corrected chi connectivity index (χ3v) is 3.32. The van der Waals surface area contributed by atoms with E-state index in [1.54, 1.807) is 11.6 Å². The summed E-state index contributed by atoms with van der Waals surface area (Å²) in [6.45, 7) is 0.746. The predicted molar refractivity (Wildman–Crippen MR) is 65.0 cm³/mol. The van der Waals surface area contributed by atoms with Crippen molar-refractivity contribution in [3.63, 3.8) is 0 Å². The van der Waals surface area contributed by atoms with Gasteiger partial charge in [-0.2, -0.15) is 4.52 Å². The van der Waals surface area contributed by atoms with E-state index in [1.165, 1.54) is 11.3 Å². The highest BCUT2D eigenvalue weighted by molar-refractivity contribution is 7.19. The lowest BCUT2D eigenvalue weighted by Gasteiger charge is -1.92. The number of rotatable bonds is 4. The highest BCUT2D eigenvalue weighted by Gasteiger charge is 2.14. The van der Waals surface area contributed by atoms with Gasteiger partial charge in [0, 0.05) is 7.11 Å². The largest absolute Gasteiger partial charge is 0.457 e. The first kappa shape index (κ1) is 11.3. The summed E-state index contributed by atoms with van der Waals surface area (Å²) in [6.07, 6.45) is 0. The first-order valence-corrected chi connectivity index (χ1v) is 6.12. The Kier molecular flexibility index (Phi) is 2.82. The fourth-order valence-corrected chi connectivity index (χ4v) is 2.40. The molecule has 0 amide bonds. The maximum atomic E-state index is 5.55. The molecule has 0 aliphatic heterocycles. The summed E-state index contributed by atoms with van der Waals surface area (Å²) in [4.78, 5) is 0.711. The molecule has 0 unspecified atom stereocenters. The summed E-state index contributed by atoms with van der Waals surface area (Å²) in [6, 6.07) is 3.69. The molecule has 0 bridgehead atoms. The molecule has 2 N–H and O–H groups in total. The molecule has 0 fully saturated rings. The molecule has 7 nitrogen and oxygen atoms in total. The fourth-order valence-electron chi connectivity index (χ4n) is 1.58. The van der Waals surface area contributed by atoms with E-state index in [2.05, 4.69) is 15.3 Å². The molecule has 8 heteroatoms. The minimum absolute atomic E-state index is 0.372. The number of furan rings is 1. The second-order valence-electron chi connectivity index (χ2n) is 3.62. The topological polar surface area (TPSA) is 91.5 Å². The lowest BCUT2D eigenvalue weighted by molar-refractivity contribution is 0.176. The van der Waals surface area contributed by atoms with E-state index < -0.39 is 0 Å². The van der Waals surface area contributed by atoms with Crippen LogP contribution in [0.15, 0.2) is 16.5 Å². The zero-order valence-corrected chi connectivity index (χ0v) is 10.5. The van der Waals surface area contributed by atoms with E-state index in [0.29, 0.717) is 29.7 Å². The molecule has 0 aliphatic rings. The van der Waals surface area contributed by atoms with Crippen LogP contribution < -0.4 is 5.73 Å². The molecule has 0 aliphatic carbocycles. The molecule has 0 atom stereocenters. The Morgan fingerprint density at radius 3 is 3.06 bits per heavy atom. The average Bonchev–Trinajstić information content (AvgIpc) is 3.04. The first-order valence-electron chi connectivity index (χ1n) is 5.31. The molecular weight excluding hydrogens is 254 g/mol. The highest BCUT2D eigenvalue weighted by Crippen LogP contribution is 2.27. The number of nitrogens with zero attached hydrogens (tertiary/aromatic N) is 4. The van der Waals surface area contributed by atoms with Crippen molar-refractivity contribution >= 4 is 16.3 Å². The maximum Gasteiger partial charge on any atom is 0.235 e. The Labute approximate surface area is 106 Å². The number of methoxy groups -OCH3 is 1. The Bertz CT molecular complexity index is 671. The van der Waals surface area contributed by atoms with Gasteiger partial charge in [0.05, 0.1) is 6.54 Å². The molecule has 94 valence electrons. The molecule has 3 aromatic heterocycles. The van der Waals surface area contributed by atoms with Crippen LogP contribution in [0.25, 0.3) is 15.7 Å². The molecule has 0 spiro atoms. The Morgan fingerprint density at radius 2 is 2.33 bits per heavy atom. The van der Waals surface area contributed by atoms with Gasteiger partial charge in [-0.05, 0) is 12.1 Å². The molecule has 0 radical (unpaired) electrons. The molecule has 0 aromatic carbocycles. The summed E-state index contributed by atoms with van der Waals surface area (Å²) >= 11 is 1.41. The van der Waals surface area contributed by atoms with Gasteiger partial charge in [0.1, 0.15) is 12.4 Å². The number of fused-ring (bicyclic) bond motifs is 1. The van der Waals surface area contributed by atoms with Gasteiger partial charge in [-0.3, -0.25) is 0 Å². The number of ether oxygens (including phenoxy) is 1. The Hall–Kier alpha value is -1.77. The predicted octanol–water partition coefficient (Wildman–Crippen LogP) is 1.05. The Balaban J connectivity index is 2.02. The number of aromatic nitrogens is 4. The second-order valence-corrected chi connectivity index (χ2v) is 4.58. The number of nitrogens with two attached hydrogens (primary N) is 1. The second kappa shape index (κ2) is 4.48. The summed E-state index contributed by atoms with van der Waals surface area (Å²) < 4.78 is 12.2. The van der Waals surface area contributed by atoms with Crippen molar-refractivity contribution in [3.8, 4) is 10.8 Å². The first-order chi connectivity index (χ1) is 8.81. The molecule has 0 saturated heterocycles. The van der Waals surface area contributed by atoms with Crippen molar-refractivity contribution in [1.29, 1.82) is 0 Å². The van der Waals surface area contributed by atoms with E-state index in [1.807, 2.05) is 12.1 Å². The zero-order valence-electron chi connectivity index (χ0n) is 9.66. The molecule has 18 heavy (non-hydrogen) atoms. The summed E-state index contributed by atoms with van der Waals surface area (Å²) in [7, 11) is 1.61. The van der Waals surface area contributed by atoms with Crippen molar-refractivity contribution in [3.05, 3.63) is 23.7 Å². The van der Waals surface area contributed by atoms with Crippen LogP contribution in [0.3, 0.4) is 0 Å². The van der Waals surface area contributed by atoms with Crippen molar-refractivity contribution in [1.82, 2.24) is 19.8 Å². The van der Waals surface area contributed by atoms with Crippen LogP contribution in [-0.4, -0.2) is 26.9 Å². The van der Waals surface area contributed by atoms with Crippen LogP contribution in [0, 0.1) is 0 Å². The minimum Gasteiger partial charge on any atom is -0.457 e. The third kappa shape index (κ3) is 1.80. The quantitative estimate of drug-likeness (QED) is 0.758. The van der Waals surface area contributed by atoms with Crippen molar-refractivity contribution in [2.45, 2.75) is 13.2 Å². The van der Waals surface area contributed by atoms with Crippen LogP contribution in [0.4, 0.5) is 0 Å². The monoisotopic (exact) mass is 265 g/mol. The van der Waals surface area contributed by atoms with Gasteiger partial charge < -0.3 is 14.9 Å². The highest BCUT2D eigenvalue weighted by atomic mass is 32.1. The van der Waals surface area contributed by atoms with E-state index in [9.17, 15) is 0 Å². The minimum atomic E-state index is 0.372. The van der Waals surface area contributed by atoms with Gasteiger partial charge in [-0.25, -0.2) is 0 Å². The van der Waals surface area contributed by atoms with Gasteiger partial charge in [0.2, 0.25) is 4.96 Å². The molecular formula is C10H11N5O2S. The average molecular weight is 265 g/mol. The van der Waals surface area contributed by atoms with Crippen LogP contribution in [-0.2, 0) is 17.9 Å². The molecule has 0 saturated carbocycles. The van der Waals surface area contributed by atoms with Crippen LogP contribution in [0.1, 0.15) is 11.6 Å². The van der Waals surface area contributed by atoms with Crippen molar-refractivity contribution in [2.75, 3.05) is 7.11 Å². The smallest absolute Gasteiger partial charge is 0.235 e. The third-order valence-electron chi connectivity index (χ3n) is 2.40. The summed E-state index contributed by atoms with van der Waals surface area (Å²) in [5, 5.41) is 13.2. The Morgan fingerprint density at radius 1 is 1.44 bits per heavy atom. The van der Waals surface area contributed by atoms with Crippen LogP contribution in [0.2, 0.25) is 0 Å². The van der Waals surface area contributed by atoms with E-state index >= 15 is 0 Å². The zero-order chi connectivity index (χ0) is 12.5. The van der Waals surface area contributed by atoms with Crippen molar-refractivity contribution in [2.24, 2.45) is 5.73 Å². The standard InChI is InChI=1S/C10H11N5O2S/c1-16-5-8-12-13-10-15(8)14-9(18-10)7-3-2-6(4-11)17-7/h2-3H,4-5,11H2,1H3. The fraction of sp³-hybridized carbons (Fsp3) is 0.300. The van der Waals surface area contributed by atoms with Crippen LogP contribution in [0.5, 0.6) is 0 Å². The molecule has 3 heterocycles. The van der Waals surface area contributed by atoms with Gasteiger partial charge in [0.15, 0.2) is 16.6 Å². The van der Waals surface area contributed by atoms with Gasteiger partial charge >= 0.3 is 0 Å².